The molecule has 1 N–H and O–H groups in total. The maximum absolute atomic E-state index is 11.2. The first-order valence-electron chi connectivity index (χ1n) is 7.08. The summed E-state index contributed by atoms with van der Waals surface area (Å²) in [6.45, 7) is 1.37. The van der Waals surface area contributed by atoms with Crippen molar-refractivity contribution in [2.75, 3.05) is 13.7 Å². The van der Waals surface area contributed by atoms with Crippen LogP contribution in [-0.4, -0.2) is 40.7 Å². The lowest BCUT2D eigenvalue weighted by Gasteiger charge is -2.20. The summed E-state index contributed by atoms with van der Waals surface area (Å²) in [6, 6.07) is 9.38. The Morgan fingerprint density at radius 2 is 2.29 bits per heavy atom. The molecule has 2 heterocycles. The van der Waals surface area contributed by atoms with E-state index in [1.165, 1.54) is 0 Å². The number of para-hydroxylation sites is 1. The molecule has 5 nitrogen and oxygen atoms in total. The normalized spacial score (nSPS) is 19.0. The number of benzene rings is 1. The second kappa shape index (κ2) is 5.69. The molecule has 1 atom stereocenters. The van der Waals surface area contributed by atoms with Gasteiger partial charge in [-0.05, 0) is 31.5 Å². The molecule has 0 aliphatic carbocycles. The van der Waals surface area contributed by atoms with Gasteiger partial charge < -0.3 is 9.84 Å². The molecule has 1 saturated heterocycles. The molecule has 1 aromatic carbocycles. The largest absolute Gasteiger partial charge is 0.494 e. The van der Waals surface area contributed by atoms with Gasteiger partial charge >= 0.3 is 5.97 Å². The highest BCUT2D eigenvalue weighted by atomic mass is 16.5. The number of nitrogens with zero attached hydrogens (tertiary/aromatic N) is 2. The molecule has 1 aliphatic heterocycles. The van der Waals surface area contributed by atoms with Crippen molar-refractivity contribution in [2.24, 2.45) is 0 Å². The number of aromatic nitrogens is 1. The fourth-order valence-electron chi connectivity index (χ4n) is 2.92. The summed E-state index contributed by atoms with van der Waals surface area (Å²) in [5.41, 5.74) is 1.70. The molecule has 0 spiro atoms. The van der Waals surface area contributed by atoms with E-state index < -0.39 is 5.97 Å². The van der Waals surface area contributed by atoms with E-state index in [0.29, 0.717) is 13.0 Å². The van der Waals surface area contributed by atoms with Crippen LogP contribution >= 0.6 is 0 Å². The van der Waals surface area contributed by atoms with Crippen molar-refractivity contribution in [3.05, 3.63) is 36.0 Å². The van der Waals surface area contributed by atoms with Gasteiger partial charge in [-0.15, -0.1) is 0 Å². The minimum absolute atomic E-state index is 0.389. The van der Waals surface area contributed by atoms with Crippen LogP contribution in [0.4, 0.5) is 0 Å². The predicted molar refractivity (Wildman–Crippen MR) is 79.4 cm³/mol. The number of hydrogen-bond acceptors (Lipinski definition) is 4. The molecule has 0 amide bonds. The summed E-state index contributed by atoms with van der Waals surface area (Å²) < 4.78 is 5.34. The third kappa shape index (κ3) is 2.69. The Hall–Kier alpha value is -2.14. The first-order valence-corrected chi connectivity index (χ1v) is 7.08. The van der Waals surface area contributed by atoms with E-state index in [1.807, 2.05) is 35.2 Å². The summed E-state index contributed by atoms with van der Waals surface area (Å²) in [6.07, 6.45) is 1.64. The van der Waals surface area contributed by atoms with Gasteiger partial charge in [-0.25, -0.2) is 4.98 Å². The van der Waals surface area contributed by atoms with Gasteiger partial charge in [0.1, 0.15) is 17.3 Å². The summed E-state index contributed by atoms with van der Waals surface area (Å²) in [5, 5.41) is 10.3. The molecule has 1 aromatic heterocycles. The van der Waals surface area contributed by atoms with Crippen LogP contribution in [0.2, 0.25) is 0 Å². The molecule has 0 saturated carbocycles. The van der Waals surface area contributed by atoms with Crippen molar-refractivity contribution in [3.8, 4) is 5.75 Å². The summed E-state index contributed by atoms with van der Waals surface area (Å²) in [4.78, 5) is 17.9. The Balaban J connectivity index is 1.89. The molecular formula is C16H18N2O3. The molecule has 3 rings (SSSR count). The van der Waals surface area contributed by atoms with E-state index in [-0.39, 0.29) is 6.04 Å². The number of carbonyl (C=O) groups is 1. The van der Waals surface area contributed by atoms with Gasteiger partial charge in [-0.1, -0.05) is 18.2 Å². The van der Waals surface area contributed by atoms with Crippen LogP contribution in [0.25, 0.3) is 10.9 Å². The number of ether oxygens (including phenoxy) is 1. The molecule has 110 valence electrons. The molecule has 1 aliphatic rings. The first kappa shape index (κ1) is 13.8. The van der Waals surface area contributed by atoms with E-state index in [1.54, 1.807) is 7.11 Å². The van der Waals surface area contributed by atoms with Crippen molar-refractivity contribution >= 4 is 16.9 Å². The van der Waals surface area contributed by atoms with Gasteiger partial charge in [0.2, 0.25) is 0 Å². The van der Waals surface area contributed by atoms with Gasteiger partial charge in [0.15, 0.2) is 0 Å². The highest BCUT2D eigenvalue weighted by molar-refractivity contribution is 5.84. The van der Waals surface area contributed by atoms with Crippen LogP contribution in [0.3, 0.4) is 0 Å². The van der Waals surface area contributed by atoms with Gasteiger partial charge in [-0.2, -0.15) is 0 Å². The minimum Gasteiger partial charge on any atom is -0.494 e. The van der Waals surface area contributed by atoms with E-state index >= 15 is 0 Å². The van der Waals surface area contributed by atoms with E-state index in [4.69, 9.17) is 4.74 Å². The average molecular weight is 286 g/mol. The number of fused-ring (bicyclic) bond motifs is 1. The number of likely N-dealkylation sites (tertiary alicyclic amines) is 1. The van der Waals surface area contributed by atoms with Gasteiger partial charge in [0.05, 0.1) is 12.8 Å². The molecule has 2 aromatic rings. The zero-order chi connectivity index (χ0) is 14.8. The SMILES string of the molecule is COc1cccc2ccc(CN3CCCC3C(=O)O)nc12. The van der Waals surface area contributed by atoms with Crippen molar-refractivity contribution in [1.82, 2.24) is 9.88 Å². The minimum atomic E-state index is -0.745. The van der Waals surface area contributed by atoms with Gasteiger partial charge in [0, 0.05) is 11.9 Å². The third-order valence-electron chi connectivity index (χ3n) is 3.97. The average Bonchev–Trinajstić information content (AvgIpc) is 2.95. The fraction of sp³-hybridized carbons (Fsp3) is 0.375. The molecule has 21 heavy (non-hydrogen) atoms. The molecule has 0 bridgehead atoms. The van der Waals surface area contributed by atoms with Crippen LogP contribution in [0.5, 0.6) is 5.75 Å². The second-order valence-electron chi connectivity index (χ2n) is 5.30. The first-order chi connectivity index (χ1) is 10.2. The van der Waals surface area contributed by atoms with E-state index in [2.05, 4.69) is 4.98 Å². The molecular weight excluding hydrogens is 268 g/mol. The standard InChI is InChI=1S/C16H18N2O3/c1-21-14-6-2-4-11-7-8-12(17-15(11)14)10-18-9-3-5-13(18)16(19)20/h2,4,6-8,13H,3,5,9-10H2,1H3,(H,19,20). The quantitative estimate of drug-likeness (QED) is 0.934. The van der Waals surface area contributed by atoms with Crippen LogP contribution in [0, 0.1) is 0 Å². The third-order valence-corrected chi connectivity index (χ3v) is 3.97. The number of aliphatic carboxylic acids is 1. The molecule has 1 fully saturated rings. The molecule has 5 heteroatoms. The lowest BCUT2D eigenvalue weighted by atomic mass is 10.1. The number of hydrogen-bond donors (Lipinski definition) is 1. The van der Waals surface area contributed by atoms with E-state index in [9.17, 15) is 9.90 Å². The van der Waals surface area contributed by atoms with E-state index in [0.717, 1.165) is 35.3 Å². The summed E-state index contributed by atoms with van der Waals surface area (Å²) >= 11 is 0. The van der Waals surface area contributed by atoms with Gasteiger partial charge in [-0.3, -0.25) is 9.69 Å². The lowest BCUT2D eigenvalue weighted by molar-refractivity contribution is -0.142. The fourth-order valence-corrected chi connectivity index (χ4v) is 2.92. The van der Waals surface area contributed by atoms with Crippen LogP contribution in [-0.2, 0) is 11.3 Å². The van der Waals surface area contributed by atoms with Gasteiger partial charge in [0.25, 0.3) is 0 Å². The number of methoxy groups -OCH3 is 1. The maximum atomic E-state index is 11.2. The Kier molecular flexibility index (Phi) is 3.75. The second-order valence-corrected chi connectivity index (χ2v) is 5.30. The van der Waals surface area contributed by atoms with Crippen molar-refractivity contribution in [3.63, 3.8) is 0 Å². The number of carboxylic acids is 1. The number of pyridine rings is 1. The Bertz CT molecular complexity index is 672. The molecule has 0 radical (unpaired) electrons. The topological polar surface area (TPSA) is 62.7 Å². The van der Waals surface area contributed by atoms with Crippen molar-refractivity contribution in [2.45, 2.75) is 25.4 Å². The van der Waals surface area contributed by atoms with Crippen LogP contribution < -0.4 is 4.74 Å². The Morgan fingerprint density at radius 3 is 3.05 bits per heavy atom. The number of rotatable bonds is 4. The van der Waals surface area contributed by atoms with Crippen LogP contribution in [0.15, 0.2) is 30.3 Å². The Morgan fingerprint density at radius 1 is 1.43 bits per heavy atom. The number of carboxylic acid groups (broad SMARTS) is 1. The zero-order valence-corrected chi connectivity index (χ0v) is 12.0. The van der Waals surface area contributed by atoms with Crippen molar-refractivity contribution in [1.29, 1.82) is 0 Å². The zero-order valence-electron chi connectivity index (χ0n) is 12.0. The molecule has 1 unspecified atom stereocenters. The summed E-state index contributed by atoms with van der Waals surface area (Å²) in [7, 11) is 1.63. The highest BCUT2D eigenvalue weighted by Crippen LogP contribution is 2.25. The lowest BCUT2D eigenvalue weighted by Crippen LogP contribution is -2.35. The predicted octanol–water partition coefficient (Wildman–Crippen LogP) is 2.29. The summed E-state index contributed by atoms with van der Waals surface area (Å²) in [5.74, 6) is -0.00331. The smallest absolute Gasteiger partial charge is 0.320 e. The van der Waals surface area contributed by atoms with Crippen molar-refractivity contribution < 1.29 is 14.6 Å². The monoisotopic (exact) mass is 286 g/mol. The maximum Gasteiger partial charge on any atom is 0.320 e. The highest BCUT2D eigenvalue weighted by Gasteiger charge is 2.30. The van der Waals surface area contributed by atoms with Crippen LogP contribution in [0.1, 0.15) is 18.5 Å². The Labute approximate surface area is 123 Å².